The molecule has 0 atom stereocenters. The third-order valence-corrected chi connectivity index (χ3v) is 4.37. The second-order valence-electron chi connectivity index (χ2n) is 9.20. The maximum atomic E-state index is 4.41. The van der Waals surface area contributed by atoms with Gasteiger partial charge in [0.15, 0.2) is 0 Å². The van der Waals surface area contributed by atoms with Gasteiger partial charge in [0.1, 0.15) is 0 Å². The molecule has 1 saturated carbocycles. The first-order valence-electron chi connectivity index (χ1n) is 9.07. The van der Waals surface area contributed by atoms with E-state index in [4.69, 9.17) is 0 Å². The molecule has 24 heavy (non-hydrogen) atoms. The number of hydrogen-bond acceptors (Lipinski definition) is 2. The molecule has 0 aromatic carbocycles. The zero-order chi connectivity index (χ0) is 18.1. The van der Waals surface area contributed by atoms with Crippen LogP contribution in [0.15, 0.2) is 24.9 Å². The summed E-state index contributed by atoms with van der Waals surface area (Å²) in [7, 11) is 0. The van der Waals surface area contributed by atoms with Crippen molar-refractivity contribution in [2.24, 2.45) is 0 Å². The van der Waals surface area contributed by atoms with Gasteiger partial charge in [-0.3, -0.25) is 4.68 Å². The predicted molar refractivity (Wildman–Crippen MR) is 101 cm³/mol. The zero-order valence-corrected chi connectivity index (χ0v) is 16.7. The third kappa shape index (κ3) is 4.96. The predicted octanol–water partition coefficient (Wildman–Crippen LogP) is 5.28. The maximum Gasteiger partial charge on any atom is 0.0954 e. The Kier molecular flexibility index (Phi) is 5.26. The second-order valence-corrected chi connectivity index (χ2v) is 9.20. The fourth-order valence-corrected chi connectivity index (χ4v) is 2.30. The van der Waals surface area contributed by atoms with E-state index in [1.807, 2.05) is 17.2 Å². The molecule has 0 amide bonds. The zero-order valence-electron chi connectivity index (χ0n) is 16.7. The molecule has 4 heteroatoms. The number of hydrogen-bond donors (Lipinski definition) is 0. The van der Waals surface area contributed by atoms with Crippen LogP contribution in [0.2, 0.25) is 0 Å². The Morgan fingerprint density at radius 1 is 1.04 bits per heavy atom. The van der Waals surface area contributed by atoms with Crippen molar-refractivity contribution in [3.63, 3.8) is 0 Å². The van der Waals surface area contributed by atoms with Gasteiger partial charge in [-0.2, -0.15) is 5.10 Å². The quantitative estimate of drug-likeness (QED) is 0.751. The Bertz CT molecular complexity index is 595. The lowest BCUT2D eigenvalue weighted by Gasteiger charge is -2.19. The van der Waals surface area contributed by atoms with E-state index in [0.29, 0.717) is 6.04 Å². The monoisotopic (exact) mass is 330 g/mol. The average molecular weight is 331 g/mol. The van der Waals surface area contributed by atoms with Gasteiger partial charge in [-0.25, -0.2) is 4.98 Å². The summed E-state index contributed by atoms with van der Waals surface area (Å²) in [5.41, 5.74) is 2.98. The average Bonchev–Trinajstić information content (AvgIpc) is 2.98. The van der Waals surface area contributed by atoms with Crippen LogP contribution in [0, 0.1) is 0 Å². The molecule has 0 unspecified atom stereocenters. The van der Waals surface area contributed by atoms with Crippen molar-refractivity contribution >= 4 is 0 Å². The van der Waals surface area contributed by atoms with Gasteiger partial charge in [-0.1, -0.05) is 20.8 Å². The smallest absolute Gasteiger partial charge is 0.0954 e. The molecule has 0 N–H and O–H groups in total. The maximum absolute atomic E-state index is 4.41. The summed E-state index contributed by atoms with van der Waals surface area (Å²) in [5, 5.41) is 4.30. The summed E-state index contributed by atoms with van der Waals surface area (Å²) in [4.78, 5) is 4.41. The van der Waals surface area contributed by atoms with Gasteiger partial charge in [0.05, 0.1) is 18.2 Å². The van der Waals surface area contributed by atoms with Crippen LogP contribution in [0.3, 0.4) is 0 Å². The highest BCUT2D eigenvalue weighted by atomic mass is 15.3. The van der Waals surface area contributed by atoms with E-state index in [1.165, 1.54) is 24.1 Å². The van der Waals surface area contributed by atoms with E-state index in [9.17, 15) is 0 Å². The lowest BCUT2D eigenvalue weighted by atomic mass is 9.90. The molecular formula is C20H34N4. The fraction of sp³-hybridized carbons (Fsp3) is 0.700. The lowest BCUT2D eigenvalue weighted by molar-refractivity contribution is 0.396. The van der Waals surface area contributed by atoms with E-state index in [1.54, 1.807) is 0 Å². The summed E-state index contributed by atoms with van der Waals surface area (Å²) < 4.78 is 4.20. The van der Waals surface area contributed by atoms with Gasteiger partial charge < -0.3 is 4.57 Å². The number of aromatic nitrogens is 4. The second kappa shape index (κ2) is 6.73. The molecule has 0 radical (unpaired) electrons. The van der Waals surface area contributed by atoms with Gasteiger partial charge in [-0.05, 0) is 58.4 Å². The Morgan fingerprint density at radius 3 is 2.00 bits per heavy atom. The van der Waals surface area contributed by atoms with Crippen molar-refractivity contribution in [3.05, 3.63) is 36.2 Å². The summed E-state index contributed by atoms with van der Waals surface area (Å²) in [6.45, 7) is 17.5. The van der Waals surface area contributed by atoms with Crippen LogP contribution < -0.4 is 0 Å². The normalized spacial score (nSPS) is 15.4. The van der Waals surface area contributed by atoms with Crippen LogP contribution in [-0.2, 0) is 11.0 Å². The largest absolute Gasteiger partial charge is 0.332 e. The molecule has 4 nitrogen and oxygen atoms in total. The molecule has 134 valence electrons. The minimum absolute atomic E-state index is 0.181. The lowest BCUT2D eigenvalue weighted by Crippen LogP contribution is -2.19. The summed E-state index contributed by atoms with van der Waals surface area (Å²) >= 11 is 0. The molecule has 2 heterocycles. The molecule has 1 fully saturated rings. The molecule has 0 saturated heterocycles. The van der Waals surface area contributed by atoms with Crippen LogP contribution in [0.25, 0.3) is 0 Å². The fourth-order valence-electron chi connectivity index (χ4n) is 2.30. The van der Waals surface area contributed by atoms with Crippen molar-refractivity contribution in [1.29, 1.82) is 0 Å². The Morgan fingerprint density at radius 2 is 1.67 bits per heavy atom. The van der Waals surface area contributed by atoms with E-state index >= 15 is 0 Å². The van der Waals surface area contributed by atoms with Gasteiger partial charge in [0, 0.05) is 29.9 Å². The van der Waals surface area contributed by atoms with E-state index in [0.717, 1.165) is 5.92 Å². The van der Waals surface area contributed by atoms with Crippen LogP contribution in [0.1, 0.15) is 91.4 Å². The molecular weight excluding hydrogens is 296 g/mol. The van der Waals surface area contributed by atoms with Crippen LogP contribution >= 0.6 is 0 Å². The SMILES string of the molecule is CC(C)(C)n1cnc(C2CC2)c1.CC(C)n1cc(C(C)(C)C)cn1. The number of nitrogens with zero attached hydrogens (tertiary/aromatic N) is 4. The van der Waals surface area contributed by atoms with Crippen molar-refractivity contribution < 1.29 is 0 Å². The summed E-state index contributed by atoms with van der Waals surface area (Å²) in [6, 6.07) is 0.459. The van der Waals surface area contributed by atoms with E-state index < -0.39 is 0 Å². The molecule has 2 aromatic heterocycles. The van der Waals surface area contributed by atoms with Gasteiger partial charge in [0.25, 0.3) is 0 Å². The molecule has 2 aromatic rings. The van der Waals surface area contributed by atoms with E-state index in [2.05, 4.69) is 82.4 Å². The van der Waals surface area contributed by atoms with Gasteiger partial charge in [0.2, 0.25) is 0 Å². The van der Waals surface area contributed by atoms with Crippen molar-refractivity contribution in [2.75, 3.05) is 0 Å². The highest BCUT2D eigenvalue weighted by Gasteiger charge is 2.26. The van der Waals surface area contributed by atoms with Crippen LogP contribution in [-0.4, -0.2) is 19.3 Å². The highest BCUT2D eigenvalue weighted by molar-refractivity contribution is 5.15. The standard InChI is InChI=1S/C10H16N2.C10H18N2/c1-10(2,3)12-6-9(11-7-12)8-4-5-8;1-8(2)12-7-9(6-11-12)10(3,4)5/h6-8H,4-5H2,1-3H3;6-8H,1-5H3. The van der Waals surface area contributed by atoms with Gasteiger partial charge >= 0.3 is 0 Å². The first kappa shape index (κ1) is 18.8. The van der Waals surface area contributed by atoms with Crippen LogP contribution in [0.5, 0.6) is 0 Å². The van der Waals surface area contributed by atoms with E-state index in [-0.39, 0.29) is 11.0 Å². The minimum Gasteiger partial charge on any atom is -0.332 e. The number of rotatable bonds is 2. The summed E-state index contributed by atoms with van der Waals surface area (Å²) in [6.07, 6.45) is 10.9. The number of imidazole rings is 1. The third-order valence-electron chi connectivity index (χ3n) is 4.37. The molecule has 0 bridgehead atoms. The Hall–Kier alpha value is -1.58. The Labute approximate surface area is 147 Å². The van der Waals surface area contributed by atoms with Crippen molar-refractivity contribution in [3.8, 4) is 0 Å². The molecule has 3 rings (SSSR count). The molecule has 0 aliphatic heterocycles. The Balaban J connectivity index is 0.000000174. The van der Waals surface area contributed by atoms with Gasteiger partial charge in [-0.15, -0.1) is 0 Å². The van der Waals surface area contributed by atoms with Crippen molar-refractivity contribution in [1.82, 2.24) is 19.3 Å². The topological polar surface area (TPSA) is 35.6 Å². The summed E-state index contributed by atoms with van der Waals surface area (Å²) in [5.74, 6) is 0.772. The molecule has 0 spiro atoms. The van der Waals surface area contributed by atoms with Crippen LogP contribution in [0.4, 0.5) is 0 Å². The first-order chi connectivity index (χ1) is 11.0. The molecule has 1 aliphatic rings. The van der Waals surface area contributed by atoms with Crippen molar-refractivity contribution in [2.45, 2.75) is 91.1 Å². The minimum atomic E-state index is 0.181. The highest BCUT2D eigenvalue weighted by Crippen LogP contribution is 2.39. The molecule has 1 aliphatic carbocycles. The first-order valence-corrected chi connectivity index (χ1v) is 9.07.